The number of hydrogen-bond acceptors (Lipinski definition) is 7. The Bertz CT molecular complexity index is 1330. The largest absolute Gasteiger partial charge is 0.497 e. The third kappa shape index (κ3) is 3.19. The van der Waals surface area contributed by atoms with Gasteiger partial charge in [0.1, 0.15) is 5.75 Å². The molecule has 0 spiro atoms. The molecular formula is C22H19N5O4S. The van der Waals surface area contributed by atoms with Gasteiger partial charge in [0.2, 0.25) is 11.8 Å². The summed E-state index contributed by atoms with van der Waals surface area (Å²) in [6.07, 6.45) is 0.718. The molecule has 0 saturated carbocycles. The first-order valence-electron chi connectivity index (χ1n) is 10.2. The maximum absolute atomic E-state index is 12.8. The highest BCUT2D eigenvalue weighted by Crippen LogP contribution is 2.35. The van der Waals surface area contributed by atoms with Crippen molar-refractivity contribution >= 4 is 28.0 Å². The van der Waals surface area contributed by atoms with Crippen LogP contribution in [-0.4, -0.2) is 46.0 Å². The molecule has 2 amide bonds. The van der Waals surface area contributed by atoms with E-state index in [0.29, 0.717) is 36.1 Å². The SMILES string of the molecule is COc1ccc(-c2nc3sc4c(n3n2)CCN(C(=O)Nc2ccc3c(c2)OCO3)C4)cc1. The summed E-state index contributed by atoms with van der Waals surface area (Å²) in [5.41, 5.74) is 2.73. The van der Waals surface area contributed by atoms with E-state index >= 15 is 0 Å². The van der Waals surface area contributed by atoms with Crippen molar-refractivity contribution < 1.29 is 19.0 Å². The van der Waals surface area contributed by atoms with E-state index in [2.05, 4.69) is 5.32 Å². The molecule has 4 aromatic rings. The van der Waals surface area contributed by atoms with Gasteiger partial charge >= 0.3 is 6.03 Å². The van der Waals surface area contributed by atoms with Crippen molar-refractivity contribution in [3.05, 3.63) is 53.0 Å². The monoisotopic (exact) mass is 449 g/mol. The second-order valence-electron chi connectivity index (χ2n) is 7.50. The number of fused-ring (bicyclic) bond motifs is 4. The third-order valence-corrected chi connectivity index (χ3v) is 6.64. The Kier molecular flexibility index (Phi) is 4.39. The number of carbonyl (C=O) groups excluding carboxylic acids is 1. The molecule has 10 heteroatoms. The Hall–Kier alpha value is -3.79. The molecule has 0 bridgehead atoms. The molecular weight excluding hydrogens is 430 g/mol. The summed E-state index contributed by atoms with van der Waals surface area (Å²) in [7, 11) is 1.64. The van der Waals surface area contributed by atoms with Crippen molar-refractivity contribution in [3.8, 4) is 28.6 Å². The lowest BCUT2D eigenvalue weighted by atomic mass is 10.2. The number of urea groups is 1. The third-order valence-electron chi connectivity index (χ3n) is 5.58. The van der Waals surface area contributed by atoms with Crippen LogP contribution in [0, 0.1) is 0 Å². The van der Waals surface area contributed by atoms with Crippen LogP contribution in [0.3, 0.4) is 0 Å². The van der Waals surface area contributed by atoms with Crippen LogP contribution in [0.5, 0.6) is 17.2 Å². The predicted molar refractivity (Wildman–Crippen MR) is 119 cm³/mol. The molecule has 2 aliphatic rings. The van der Waals surface area contributed by atoms with Crippen LogP contribution >= 0.6 is 11.3 Å². The van der Waals surface area contributed by atoms with Gasteiger partial charge in [0.25, 0.3) is 0 Å². The smallest absolute Gasteiger partial charge is 0.322 e. The highest BCUT2D eigenvalue weighted by Gasteiger charge is 2.27. The molecule has 0 aliphatic carbocycles. The van der Waals surface area contributed by atoms with Crippen LogP contribution in [0.1, 0.15) is 10.6 Å². The van der Waals surface area contributed by atoms with Crippen LogP contribution in [-0.2, 0) is 13.0 Å². The molecule has 9 nitrogen and oxygen atoms in total. The number of methoxy groups -OCH3 is 1. The van der Waals surface area contributed by atoms with E-state index in [-0.39, 0.29) is 12.8 Å². The minimum absolute atomic E-state index is 0.146. The van der Waals surface area contributed by atoms with E-state index in [9.17, 15) is 4.79 Å². The Morgan fingerprint density at radius 3 is 2.84 bits per heavy atom. The zero-order chi connectivity index (χ0) is 21.7. The number of rotatable bonds is 3. The molecule has 2 aromatic carbocycles. The van der Waals surface area contributed by atoms with Crippen molar-refractivity contribution in [1.29, 1.82) is 0 Å². The Labute approximate surface area is 187 Å². The Balaban J connectivity index is 1.19. The second kappa shape index (κ2) is 7.41. The van der Waals surface area contributed by atoms with Crippen LogP contribution in [0.4, 0.5) is 10.5 Å². The topological polar surface area (TPSA) is 90.2 Å². The maximum Gasteiger partial charge on any atom is 0.322 e. The van der Waals surface area contributed by atoms with Crippen molar-refractivity contribution in [1.82, 2.24) is 19.5 Å². The van der Waals surface area contributed by atoms with E-state index in [4.69, 9.17) is 24.3 Å². The molecule has 6 rings (SSSR count). The first-order chi connectivity index (χ1) is 15.7. The summed E-state index contributed by atoms with van der Waals surface area (Å²) < 4.78 is 17.8. The summed E-state index contributed by atoms with van der Waals surface area (Å²) >= 11 is 1.57. The lowest BCUT2D eigenvalue weighted by molar-refractivity contribution is 0.174. The van der Waals surface area contributed by atoms with Gasteiger partial charge in [-0.25, -0.2) is 9.31 Å². The average molecular weight is 449 g/mol. The lowest BCUT2D eigenvalue weighted by Crippen LogP contribution is -2.38. The molecule has 0 saturated heterocycles. The Morgan fingerprint density at radius 1 is 1.16 bits per heavy atom. The minimum Gasteiger partial charge on any atom is -0.497 e. The van der Waals surface area contributed by atoms with Gasteiger partial charge in [0, 0.05) is 35.2 Å². The van der Waals surface area contributed by atoms with Gasteiger partial charge in [0.15, 0.2) is 17.3 Å². The van der Waals surface area contributed by atoms with E-state index in [1.807, 2.05) is 34.8 Å². The zero-order valence-electron chi connectivity index (χ0n) is 17.2. The van der Waals surface area contributed by atoms with Crippen LogP contribution in [0.2, 0.25) is 0 Å². The van der Waals surface area contributed by atoms with E-state index in [0.717, 1.165) is 33.3 Å². The van der Waals surface area contributed by atoms with E-state index in [1.165, 1.54) is 0 Å². The fourth-order valence-electron chi connectivity index (χ4n) is 3.90. The number of benzene rings is 2. The second-order valence-corrected chi connectivity index (χ2v) is 8.56. The number of ether oxygens (including phenoxy) is 3. The molecule has 1 N–H and O–H groups in total. The highest BCUT2D eigenvalue weighted by molar-refractivity contribution is 7.17. The van der Waals surface area contributed by atoms with Crippen LogP contribution in [0.15, 0.2) is 42.5 Å². The number of amides is 2. The number of thiazole rings is 1. The summed E-state index contributed by atoms with van der Waals surface area (Å²) in [6, 6.07) is 12.9. The molecule has 32 heavy (non-hydrogen) atoms. The number of hydrogen-bond donors (Lipinski definition) is 1. The van der Waals surface area contributed by atoms with E-state index in [1.54, 1.807) is 35.5 Å². The van der Waals surface area contributed by atoms with E-state index < -0.39 is 0 Å². The number of nitrogens with zero attached hydrogens (tertiary/aromatic N) is 4. The molecule has 162 valence electrons. The quantitative estimate of drug-likeness (QED) is 0.512. The van der Waals surface area contributed by atoms with Crippen molar-refractivity contribution in [2.45, 2.75) is 13.0 Å². The standard InChI is InChI=1S/C22H19N5O4S/c1-29-15-5-2-13(3-6-15)20-24-22-27(25-20)16-8-9-26(11-19(16)32-22)21(28)23-14-4-7-17-18(10-14)31-12-30-17/h2-7,10H,8-9,11-12H2,1H3,(H,23,28). The lowest BCUT2D eigenvalue weighted by Gasteiger charge is -2.26. The number of anilines is 1. The fraction of sp³-hybridized carbons (Fsp3) is 0.227. The van der Waals surface area contributed by atoms with Crippen LogP contribution in [0.25, 0.3) is 16.3 Å². The molecule has 0 unspecified atom stereocenters. The fourth-order valence-corrected chi connectivity index (χ4v) is 5.02. The van der Waals surface area contributed by atoms with Gasteiger partial charge in [-0.15, -0.1) is 5.10 Å². The number of aromatic nitrogens is 3. The zero-order valence-corrected chi connectivity index (χ0v) is 18.0. The number of carbonyl (C=O) groups is 1. The molecule has 2 aromatic heterocycles. The summed E-state index contributed by atoms with van der Waals surface area (Å²) in [6.45, 7) is 1.34. The van der Waals surface area contributed by atoms with Gasteiger partial charge in [-0.3, -0.25) is 0 Å². The number of nitrogens with one attached hydrogen (secondary N) is 1. The maximum atomic E-state index is 12.8. The first-order valence-corrected chi connectivity index (χ1v) is 11.0. The molecule has 4 heterocycles. The van der Waals surface area contributed by atoms with Gasteiger partial charge in [0.05, 0.1) is 19.3 Å². The summed E-state index contributed by atoms with van der Waals surface area (Å²) in [5, 5.41) is 7.66. The summed E-state index contributed by atoms with van der Waals surface area (Å²) in [5.74, 6) is 2.81. The first kappa shape index (κ1) is 18.9. The highest BCUT2D eigenvalue weighted by atomic mass is 32.1. The molecule has 0 fully saturated rings. The molecule has 0 atom stereocenters. The normalized spacial score (nSPS) is 14.5. The average Bonchev–Trinajstić information content (AvgIpc) is 3.52. The van der Waals surface area contributed by atoms with Crippen LogP contribution < -0.4 is 19.5 Å². The molecule has 2 aliphatic heterocycles. The predicted octanol–water partition coefficient (Wildman–Crippen LogP) is 3.79. The van der Waals surface area contributed by atoms with Crippen molar-refractivity contribution in [3.63, 3.8) is 0 Å². The van der Waals surface area contributed by atoms with Gasteiger partial charge in [-0.2, -0.15) is 4.98 Å². The Morgan fingerprint density at radius 2 is 2.00 bits per heavy atom. The summed E-state index contributed by atoms with van der Waals surface area (Å²) in [4.78, 5) is 21.3. The van der Waals surface area contributed by atoms with Gasteiger partial charge in [-0.1, -0.05) is 11.3 Å². The van der Waals surface area contributed by atoms with Gasteiger partial charge in [-0.05, 0) is 36.4 Å². The minimum atomic E-state index is -0.146. The van der Waals surface area contributed by atoms with Crippen molar-refractivity contribution in [2.24, 2.45) is 0 Å². The van der Waals surface area contributed by atoms with Gasteiger partial charge < -0.3 is 24.4 Å². The molecule has 0 radical (unpaired) electrons. The van der Waals surface area contributed by atoms with Crippen molar-refractivity contribution in [2.75, 3.05) is 25.8 Å².